The van der Waals surface area contributed by atoms with Gasteiger partial charge in [-0.2, -0.15) is 0 Å². The van der Waals surface area contributed by atoms with Crippen LogP contribution in [0.5, 0.6) is 0 Å². The number of carbonyl (C=O) groups excluding carboxylic acids is 2. The molecule has 1 aliphatic rings. The van der Waals surface area contributed by atoms with Crippen LogP contribution in [0, 0.1) is 0 Å². The molecule has 0 aromatic carbocycles. The maximum absolute atomic E-state index is 10.7. The van der Waals surface area contributed by atoms with Gasteiger partial charge >= 0.3 is 6.03 Å². The highest BCUT2D eigenvalue weighted by Gasteiger charge is 2.36. The zero-order chi connectivity index (χ0) is 9.07. The van der Waals surface area contributed by atoms with Crippen LogP contribution < -0.4 is 10.6 Å². The van der Waals surface area contributed by atoms with Crippen molar-refractivity contribution in [2.75, 3.05) is 0 Å². The highest BCUT2D eigenvalue weighted by atomic mass is 16.2. The second kappa shape index (κ2) is 3.37. The van der Waals surface area contributed by atoms with Crippen molar-refractivity contribution >= 4 is 11.9 Å². The lowest BCUT2D eigenvalue weighted by Crippen LogP contribution is -2.39. The Labute approximate surface area is 66.4 Å². The first-order valence-corrected chi connectivity index (χ1v) is 3.66. The third-order valence-electron chi connectivity index (χ3n) is 1.22. The first-order chi connectivity index (χ1) is 5.02. The Bertz CT molecular complexity index is 175. The van der Waals surface area contributed by atoms with E-state index >= 15 is 0 Å². The van der Waals surface area contributed by atoms with Gasteiger partial charge in [-0.15, -0.1) is 0 Å². The minimum atomic E-state index is -0.725. The van der Waals surface area contributed by atoms with E-state index in [2.05, 4.69) is 10.6 Å². The smallest absolute Gasteiger partial charge is 0.322 e. The highest BCUT2D eigenvalue weighted by molar-refractivity contribution is 6.06. The summed E-state index contributed by atoms with van der Waals surface area (Å²) in [7, 11) is 0. The summed E-state index contributed by atoms with van der Waals surface area (Å²) in [5.41, 5.74) is -0.725. The number of imide groups is 1. The number of carbonyl (C=O) groups is 2. The standard InChI is InChI=1S/C5H8N2O2.C2H6/c1-5(2)3(8)6-4(9)7-5;1-2/h1-2H3,(H2,6,7,8,9);1-2H3. The van der Waals surface area contributed by atoms with Crippen molar-refractivity contribution in [3.05, 3.63) is 0 Å². The normalized spacial score (nSPS) is 19.6. The third kappa shape index (κ3) is 2.22. The molecule has 1 saturated heterocycles. The molecule has 0 aromatic heterocycles. The molecule has 0 bridgehead atoms. The molecule has 1 aliphatic heterocycles. The Morgan fingerprint density at radius 3 is 1.73 bits per heavy atom. The molecule has 0 atom stereocenters. The van der Waals surface area contributed by atoms with Crippen LogP contribution >= 0.6 is 0 Å². The summed E-state index contributed by atoms with van der Waals surface area (Å²) < 4.78 is 0. The van der Waals surface area contributed by atoms with Gasteiger partial charge in [-0.3, -0.25) is 10.1 Å². The van der Waals surface area contributed by atoms with Crippen molar-refractivity contribution in [3.63, 3.8) is 0 Å². The summed E-state index contributed by atoms with van der Waals surface area (Å²) in [5, 5.41) is 4.56. The average molecular weight is 158 g/mol. The van der Waals surface area contributed by atoms with Crippen LogP contribution in [0.15, 0.2) is 0 Å². The summed E-state index contributed by atoms with van der Waals surface area (Å²) in [6.45, 7) is 7.29. The predicted octanol–water partition coefficient (Wildman–Crippen LogP) is 0.631. The van der Waals surface area contributed by atoms with Crippen LogP contribution in [-0.2, 0) is 4.79 Å². The lowest BCUT2D eigenvalue weighted by Gasteiger charge is -2.11. The molecule has 1 heterocycles. The van der Waals surface area contributed by atoms with E-state index in [0.717, 1.165) is 0 Å². The van der Waals surface area contributed by atoms with Crippen molar-refractivity contribution in [3.8, 4) is 0 Å². The molecule has 1 rings (SSSR count). The Morgan fingerprint density at radius 1 is 1.18 bits per heavy atom. The van der Waals surface area contributed by atoms with Gasteiger partial charge in [0, 0.05) is 0 Å². The molecule has 0 unspecified atom stereocenters. The summed E-state index contributed by atoms with van der Waals surface area (Å²) in [6.07, 6.45) is 0. The minimum Gasteiger partial charge on any atom is -0.324 e. The fraction of sp³-hybridized carbons (Fsp3) is 0.714. The largest absolute Gasteiger partial charge is 0.324 e. The van der Waals surface area contributed by atoms with E-state index in [0.29, 0.717) is 0 Å². The molecular weight excluding hydrogens is 144 g/mol. The fourth-order valence-electron chi connectivity index (χ4n) is 0.631. The summed E-state index contributed by atoms with van der Waals surface area (Å²) in [6, 6.07) is -0.412. The van der Waals surface area contributed by atoms with Gasteiger partial charge in [-0.05, 0) is 13.8 Å². The number of rotatable bonds is 0. The molecular formula is C7H14N2O2. The molecule has 0 saturated carbocycles. The van der Waals surface area contributed by atoms with Crippen LogP contribution in [0.25, 0.3) is 0 Å². The van der Waals surface area contributed by atoms with Crippen LogP contribution in [0.3, 0.4) is 0 Å². The number of hydrogen-bond donors (Lipinski definition) is 2. The Hall–Kier alpha value is -1.06. The lowest BCUT2D eigenvalue weighted by molar-refractivity contribution is -0.122. The maximum Gasteiger partial charge on any atom is 0.322 e. The van der Waals surface area contributed by atoms with E-state index < -0.39 is 11.6 Å². The Morgan fingerprint density at radius 2 is 1.64 bits per heavy atom. The monoisotopic (exact) mass is 158 g/mol. The van der Waals surface area contributed by atoms with Crippen molar-refractivity contribution in [1.29, 1.82) is 0 Å². The molecule has 11 heavy (non-hydrogen) atoms. The zero-order valence-corrected chi connectivity index (χ0v) is 7.32. The topological polar surface area (TPSA) is 58.2 Å². The molecule has 4 heteroatoms. The van der Waals surface area contributed by atoms with E-state index in [4.69, 9.17) is 0 Å². The van der Waals surface area contributed by atoms with E-state index in [1.807, 2.05) is 13.8 Å². The second-order valence-corrected chi connectivity index (χ2v) is 2.53. The second-order valence-electron chi connectivity index (χ2n) is 2.53. The van der Waals surface area contributed by atoms with Gasteiger partial charge in [-0.1, -0.05) is 13.8 Å². The average Bonchev–Trinajstić information content (AvgIpc) is 2.10. The van der Waals surface area contributed by atoms with E-state index in [1.54, 1.807) is 13.8 Å². The van der Waals surface area contributed by atoms with Crippen LogP contribution in [-0.4, -0.2) is 17.5 Å². The molecule has 0 aromatic rings. The van der Waals surface area contributed by atoms with Gasteiger partial charge in [0.15, 0.2) is 0 Å². The van der Waals surface area contributed by atoms with E-state index in [1.165, 1.54) is 0 Å². The predicted molar refractivity (Wildman–Crippen MR) is 42.1 cm³/mol. The molecule has 0 aliphatic carbocycles. The van der Waals surface area contributed by atoms with E-state index in [9.17, 15) is 9.59 Å². The summed E-state index contributed by atoms with van der Waals surface area (Å²) in [5.74, 6) is -0.271. The molecule has 3 amide bonds. The van der Waals surface area contributed by atoms with Gasteiger partial charge in [0.1, 0.15) is 5.54 Å². The summed E-state index contributed by atoms with van der Waals surface area (Å²) in [4.78, 5) is 21.1. The third-order valence-corrected chi connectivity index (χ3v) is 1.22. The number of amides is 3. The van der Waals surface area contributed by atoms with Gasteiger partial charge in [0.2, 0.25) is 0 Å². The zero-order valence-electron chi connectivity index (χ0n) is 7.32. The molecule has 2 N–H and O–H groups in total. The van der Waals surface area contributed by atoms with Crippen LogP contribution in [0.1, 0.15) is 27.7 Å². The first kappa shape index (κ1) is 9.94. The maximum atomic E-state index is 10.7. The SMILES string of the molecule is CC.CC1(C)NC(=O)NC1=O. The molecule has 0 radical (unpaired) electrons. The molecule has 4 nitrogen and oxygen atoms in total. The number of nitrogens with one attached hydrogen (secondary N) is 2. The first-order valence-electron chi connectivity index (χ1n) is 3.66. The van der Waals surface area contributed by atoms with Gasteiger partial charge < -0.3 is 5.32 Å². The number of hydrogen-bond acceptors (Lipinski definition) is 2. The Kier molecular flexibility index (Phi) is 3.04. The molecule has 1 fully saturated rings. The van der Waals surface area contributed by atoms with Crippen LogP contribution in [0.4, 0.5) is 4.79 Å². The number of urea groups is 1. The van der Waals surface area contributed by atoms with Crippen molar-refractivity contribution < 1.29 is 9.59 Å². The van der Waals surface area contributed by atoms with Gasteiger partial charge in [-0.25, -0.2) is 4.79 Å². The van der Waals surface area contributed by atoms with Gasteiger partial charge in [0.05, 0.1) is 0 Å². The Balaban J connectivity index is 0.000000461. The highest BCUT2D eigenvalue weighted by Crippen LogP contribution is 2.05. The lowest BCUT2D eigenvalue weighted by atomic mass is 10.1. The van der Waals surface area contributed by atoms with Crippen molar-refractivity contribution in [2.24, 2.45) is 0 Å². The molecule has 64 valence electrons. The van der Waals surface area contributed by atoms with Crippen LogP contribution in [0.2, 0.25) is 0 Å². The fourth-order valence-corrected chi connectivity index (χ4v) is 0.631. The molecule has 0 spiro atoms. The van der Waals surface area contributed by atoms with E-state index in [-0.39, 0.29) is 5.91 Å². The summed E-state index contributed by atoms with van der Waals surface area (Å²) >= 11 is 0. The minimum absolute atomic E-state index is 0.271. The van der Waals surface area contributed by atoms with Crippen molar-refractivity contribution in [1.82, 2.24) is 10.6 Å². The van der Waals surface area contributed by atoms with Gasteiger partial charge in [0.25, 0.3) is 5.91 Å². The van der Waals surface area contributed by atoms with Crippen molar-refractivity contribution in [2.45, 2.75) is 33.2 Å². The quantitative estimate of drug-likeness (QED) is 0.508.